The second-order valence-electron chi connectivity index (χ2n) is 2.20. The van der Waals surface area contributed by atoms with Crippen LogP contribution < -0.4 is 10.1 Å². The molecule has 0 fully saturated rings. The van der Waals surface area contributed by atoms with Gasteiger partial charge in [0, 0.05) is 0 Å². The Labute approximate surface area is 75.7 Å². The van der Waals surface area contributed by atoms with Crippen molar-refractivity contribution in [1.82, 2.24) is 4.98 Å². The summed E-state index contributed by atoms with van der Waals surface area (Å²) in [5.41, 5.74) is 0. The van der Waals surface area contributed by atoms with Gasteiger partial charge < -0.3 is 9.47 Å². The molecule has 1 amide bonds. The number of hydrogen-bond donors (Lipinski definition) is 1. The zero-order valence-corrected chi connectivity index (χ0v) is 7.40. The third-order valence-electron chi connectivity index (χ3n) is 1.39. The normalized spacial score (nSPS) is 9.08. The molecule has 0 radical (unpaired) electrons. The molecule has 13 heavy (non-hydrogen) atoms. The molecular weight excluding hydrogens is 172 g/mol. The Bertz CT molecular complexity index is 284. The first-order valence-electron chi connectivity index (χ1n) is 3.61. The monoisotopic (exact) mass is 182 g/mol. The fourth-order valence-corrected chi connectivity index (χ4v) is 0.731. The Balaban J connectivity index is 2.64. The van der Waals surface area contributed by atoms with Gasteiger partial charge in [0.2, 0.25) is 0 Å². The van der Waals surface area contributed by atoms with Crippen LogP contribution in [0.2, 0.25) is 0 Å². The van der Waals surface area contributed by atoms with Gasteiger partial charge in [0.15, 0.2) is 0 Å². The highest BCUT2D eigenvalue weighted by atomic mass is 16.5. The quantitative estimate of drug-likeness (QED) is 0.748. The predicted octanol–water partition coefficient (Wildman–Crippen LogP) is 1.27. The van der Waals surface area contributed by atoms with Crippen molar-refractivity contribution in [3.63, 3.8) is 0 Å². The molecule has 0 aromatic carbocycles. The number of rotatable bonds is 2. The maximum absolute atomic E-state index is 10.7. The summed E-state index contributed by atoms with van der Waals surface area (Å²) in [5.74, 6) is 1.06. The lowest BCUT2D eigenvalue weighted by atomic mass is 10.4. The summed E-state index contributed by atoms with van der Waals surface area (Å²) >= 11 is 0. The summed E-state index contributed by atoms with van der Waals surface area (Å²) in [7, 11) is 2.84. The lowest BCUT2D eigenvalue weighted by Gasteiger charge is -2.03. The summed E-state index contributed by atoms with van der Waals surface area (Å²) in [6, 6.07) is 3.31. The zero-order valence-electron chi connectivity index (χ0n) is 7.40. The summed E-state index contributed by atoms with van der Waals surface area (Å²) in [4.78, 5) is 14.6. The van der Waals surface area contributed by atoms with E-state index in [9.17, 15) is 4.79 Å². The van der Waals surface area contributed by atoms with Gasteiger partial charge in [-0.3, -0.25) is 5.32 Å². The highest BCUT2D eigenvalue weighted by molar-refractivity contribution is 5.83. The number of carbonyl (C=O) groups is 1. The van der Waals surface area contributed by atoms with Gasteiger partial charge in [-0.15, -0.1) is 0 Å². The molecule has 0 aliphatic heterocycles. The zero-order chi connectivity index (χ0) is 9.68. The summed E-state index contributed by atoms with van der Waals surface area (Å²) in [6.07, 6.45) is 0.961. The molecule has 0 bridgehead atoms. The van der Waals surface area contributed by atoms with E-state index in [1.165, 1.54) is 13.3 Å². The average molecular weight is 182 g/mol. The van der Waals surface area contributed by atoms with Crippen LogP contribution in [0.3, 0.4) is 0 Å². The van der Waals surface area contributed by atoms with Crippen LogP contribution in [0, 0.1) is 0 Å². The number of pyridine rings is 1. The van der Waals surface area contributed by atoms with Gasteiger partial charge in [-0.05, 0) is 12.1 Å². The average Bonchev–Trinajstić information content (AvgIpc) is 2.19. The lowest BCUT2D eigenvalue weighted by molar-refractivity contribution is 0.187. The molecule has 0 aliphatic rings. The fourth-order valence-electron chi connectivity index (χ4n) is 0.731. The smallest absolute Gasteiger partial charge is 0.412 e. The van der Waals surface area contributed by atoms with Crippen LogP contribution in [0.15, 0.2) is 18.3 Å². The third kappa shape index (κ3) is 2.62. The van der Waals surface area contributed by atoms with E-state index in [-0.39, 0.29) is 0 Å². The first-order chi connectivity index (χ1) is 6.26. The molecule has 70 valence electrons. The fraction of sp³-hybridized carbons (Fsp3) is 0.250. The number of nitrogens with zero attached hydrogens (tertiary/aromatic N) is 1. The number of amides is 1. The largest absolute Gasteiger partial charge is 0.495 e. The van der Waals surface area contributed by atoms with Crippen molar-refractivity contribution in [3.05, 3.63) is 18.3 Å². The first-order valence-corrected chi connectivity index (χ1v) is 3.61. The first kappa shape index (κ1) is 9.31. The lowest BCUT2D eigenvalue weighted by Crippen LogP contribution is -2.11. The molecule has 1 aromatic heterocycles. The van der Waals surface area contributed by atoms with E-state index in [2.05, 4.69) is 15.0 Å². The summed E-state index contributed by atoms with van der Waals surface area (Å²) < 4.78 is 9.28. The number of anilines is 1. The molecular formula is C8H10N2O3. The number of aromatic nitrogens is 1. The maximum Gasteiger partial charge on any atom is 0.412 e. The standard InChI is InChI=1S/C8H10N2O3/c1-12-6-3-4-7(9-5-6)10-8(11)13-2/h3-5H,1-2H3,(H,9,10,11). The van der Waals surface area contributed by atoms with Crippen LogP contribution in [-0.4, -0.2) is 25.3 Å². The minimum Gasteiger partial charge on any atom is -0.495 e. The Morgan fingerprint density at radius 1 is 1.46 bits per heavy atom. The van der Waals surface area contributed by atoms with Crippen molar-refractivity contribution in [2.24, 2.45) is 0 Å². The summed E-state index contributed by atoms with van der Waals surface area (Å²) in [6.45, 7) is 0. The molecule has 0 unspecified atom stereocenters. The number of hydrogen-bond acceptors (Lipinski definition) is 4. The predicted molar refractivity (Wildman–Crippen MR) is 46.8 cm³/mol. The van der Waals surface area contributed by atoms with Gasteiger partial charge in [0.1, 0.15) is 11.6 Å². The van der Waals surface area contributed by atoms with Crippen LogP contribution in [0.5, 0.6) is 5.75 Å². The second-order valence-corrected chi connectivity index (χ2v) is 2.20. The van der Waals surface area contributed by atoms with E-state index < -0.39 is 6.09 Å². The van der Waals surface area contributed by atoms with Gasteiger partial charge in [-0.1, -0.05) is 0 Å². The molecule has 0 saturated carbocycles. The van der Waals surface area contributed by atoms with Gasteiger partial charge in [-0.25, -0.2) is 9.78 Å². The van der Waals surface area contributed by atoms with Gasteiger partial charge in [-0.2, -0.15) is 0 Å². The molecule has 1 rings (SSSR count). The minimum atomic E-state index is -0.544. The number of nitrogens with one attached hydrogen (secondary N) is 1. The van der Waals surface area contributed by atoms with Crippen molar-refractivity contribution in [3.8, 4) is 5.75 Å². The Hall–Kier alpha value is -1.78. The van der Waals surface area contributed by atoms with Crippen molar-refractivity contribution >= 4 is 11.9 Å². The Morgan fingerprint density at radius 3 is 2.69 bits per heavy atom. The molecule has 1 heterocycles. The number of methoxy groups -OCH3 is 2. The SMILES string of the molecule is COC(=O)Nc1ccc(OC)cn1. The van der Waals surface area contributed by atoms with Crippen molar-refractivity contribution < 1.29 is 14.3 Å². The van der Waals surface area contributed by atoms with Crippen molar-refractivity contribution in [2.75, 3.05) is 19.5 Å². The topological polar surface area (TPSA) is 60.5 Å². The molecule has 5 heteroatoms. The van der Waals surface area contributed by atoms with Gasteiger partial charge >= 0.3 is 6.09 Å². The molecule has 0 spiro atoms. The molecule has 1 aromatic rings. The van der Waals surface area contributed by atoms with E-state index in [0.717, 1.165) is 0 Å². The van der Waals surface area contributed by atoms with Crippen LogP contribution >= 0.6 is 0 Å². The van der Waals surface area contributed by atoms with Gasteiger partial charge in [0.25, 0.3) is 0 Å². The van der Waals surface area contributed by atoms with Crippen LogP contribution in [0.4, 0.5) is 10.6 Å². The Morgan fingerprint density at radius 2 is 2.23 bits per heavy atom. The molecule has 1 N–H and O–H groups in total. The second kappa shape index (κ2) is 4.30. The molecule has 0 atom stereocenters. The van der Waals surface area contributed by atoms with E-state index in [1.807, 2.05) is 0 Å². The van der Waals surface area contributed by atoms with Gasteiger partial charge in [0.05, 0.1) is 20.4 Å². The molecule has 5 nitrogen and oxygen atoms in total. The maximum atomic E-state index is 10.7. The van der Waals surface area contributed by atoms with Crippen LogP contribution in [-0.2, 0) is 4.74 Å². The van der Waals surface area contributed by atoms with Crippen molar-refractivity contribution in [2.45, 2.75) is 0 Å². The third-order valence-corrected chi connectivity index (χ3v) is 1.39. The van der Waals surface area contributed by atoms with Crippen LogP contribution in [0.25, 0.3) is 0 Å². The van der Waals surface area contributed by atoms with E-state index in [0.29, 0.717) is 11.6 Å². The highest BCUT2D eigenvalue weighted by Crippen LogP contribution is 2.10. The van der Waals surface area contributed by atoms with E-state index in [1.54, 1.807) is 19.2 Å². The molecule has 0 saturated heterocycles. The van der Waals surface area contributed by atoms with Crippen molar-refractivity contribution in [1.29, 1.82) is 0 Å². The van der Waals surface area contributed by atoms with Crippen LogP contribution in [0.1, 0.15) is 0 Å². The minimum absolute atomic E-state index is 0.424. The van der Waals surface area contributed by atoms with E-state index >= 15 is 0 Å². The Kier molecular flexibility index (Phi) is 3.08. The molecule has 0 aliphatic carbocycles. The number of carbonyl (C=O) groups excluding carboxylic acids is 1. The van der Waals surface area contributed by atoms with E-state index in [4.69, 9.17) is 4.74 Å². The number of ether oxygens (including phenoxy) is 2. The highest BCUT2D eigenvalue weighted by Gasteiger charge is 2.00. The summed E-state index contributed by atoms with van der Waals surface area (Å²) in [5, 5.41) is 2.42.